The molecule has 0 atom stereocenters. The Balaban J connectivity index is 1.64. The summed E-state index contributed by atoms with van der Waals surface area (Å²) in [4.78, 5) is 16.6. The Kier molecular flexibility index (Phi) is 3.96. The number of hydrogen-bond donors (Lipinski definition) is 2. The lowest BCUT2D eigenvalue weighted by molar-refractivity contribution is 0.0944. The van der Waals surface area contributed by atoms with Crippen LogP contribution in [-0.2, 0) is 0 Å². The van der Waals surface area contributed by atoms with Gasteiger partial charge < -0.3 is 10.6 Å². The molecule has 2 aliphatic rings. The van der Waals surface area contributed by atoms with E-state index in [-0.39, 0.29) is 5.91 Å². The van der Waals surface area contributed by atoms with E-state index in [1.54, 1.807) is 13.2 Å². The van der Waals surface area contributed by atoms with Crippen molar-refractivity contribution in [2.45, 2.75) is 25.7 Å². The van der Waals surface area contributed by atoms with Gasteiger partial charge in [-0.15, -0.1) is 0 Å². The average Bonchev–Trinajstić information content (AvgIpc) is 3.31. The number of amides is 1. The van der Waals surface area contributed by atoms with Crippen molar-refractivity contribution in [2.75, 3.05) is 18.9 Å². The summed E-state index contributed by atoms with van der Waals surface area (Å²) in [5.41, 5.74) is 0.604. The standard InChI is InChI=1S/C15H20BrN3O/c1-17-14-12(6-11(16)7-18-14)15(20)19-8-13(9-2-3-9)10-4-5-10/h6-7,9-10,13H,2-5,8H2,1H3,(H,17,18)(H,19,20). The predicted octanol–water partition coefficient (Wildman–Crippen LogP) is 3.05. The minimum atomic E-state index is -0.0329. The summed E-state index contributed by atoms with van der Waals surface area (Å²) in [5.74, 6) is 2.99. The first kappa shape index (κ1) is 13.9. The minimum absolute atomic E-state index is 0.0329. The summed E-state index contributed by atoms with van der Waals surface area (Å²) in [6.07, 6.45) is 7.07. The molecule has 0 aliphatic heterocycles. The molecule has 2 N–H and O–H groups in total. The van der Waals surface area contributed by atoms with Crippen LogP contribution in [0.15, 0.2) is 16.7 Å². The van der Waals surface area contributed by atoms with Crippen molar-refractivity contribution < 1.29 is 4.79 Å². The molecule has 2 aliphatic carbocycles. The van der Waals surface area contributed by atoms with Gasteiger partial charge in [-0.05, 0) is 65.4 Å². The molecule has 2 saturated carbocycles. The number of nitrogens with zero attached hydrogens (tertiary/aromatic N) is 1. The number of anilines is 1. The van der Waals surface area contributed by atoms with E-state index in [0.29, 0.717) is 17.3 Å². The Bertz CT molecular complexity index is 500. The first-order chi connectivity index (χ1) is 9.69. The number of aromatic nitrogens is 1. The summed E-state index contributed by atoms with van der Waals surface area (Å²) < 4.78 is 0.822. The lowest BCUT2D eigenvalue weighted by atomic mass is 9.98. The van der Waals surface area contributed by atoms with E-state index in [0.717, 1.165) is 22.9 Å². The van der Waals surface area contributed by atoms with Crippen molar-refractivity contribution in [1.29, 1.82) is 0 Å². The van der Waals surface area contributed by atoms with Crippen molar-refractivity contribution >= 4 is 27.7 Å². The lowest BCUT2D eigenvalue weighted by Crippen LogP contribution is -2.31. The fourth-order valence-corrected chi connectivity index (χ4v) is 3.22. The number of rotatable bonds is 6. The van der Waals surface area contributed by atoms with Gasteiger partial charge in [-0.3, -0.25) is 4.79 Å². The third-order valence-corrected chi connectivity index (χ3v) is 4.72. The summed E-state index contributed by atoms with van der Waals surface area (Å²) in [7, 11) is 1.78. The van der Waals surface area contributed by atoms with Crippen molar-refractivity contribution in [3.8, 4) is 0 Å². The number of hydrogen-bond acceptors (Lipinski definition) is 3. The van der Waals surface area contributed by atoms with Crippen molar-refractivity contribution in [2.24, 2.45) is 17.8 Å². The van der Waals surface area contributed by atoms with Crippen LogP contribution >= 0.6 is 15.9 Å². The number of carbonyl (C=O) groups is 1. The Hall–Kier alpha value is -1.10. The second-order valence-corrected chi connectivity index (χ2v) is 6.76. The number of halogens is 1. The minimum Gasteiger partial charge on any atom is -0.372 e. The summed E-state index contributed by atoms with van der Waals surface area (Å²) in [6.45, 7) is 0.809. The zero-order chi connectivity index (χ0) is 14.1. The lowest BCUT2D eigenvalue weighted by Gasteiger charge is -2.17. The molecule has 5 heteroatoms. The molecular formula is C15H20BrN3O. The topological polar surface area (TPSA) is 54.0 Å². The second-order valence-electron chi connectivity index (χ2n) is 5.85. The maximum Gasteiger partial charge on any atom is 0.255 e. The first-order valence-electron chi connectivity index (χ1n) is 7.30. The molecule has 0 saturated heterocycles. The number of nitrogens with one attached hydrogen (secondary N) is 2. The Labute approximate surface area is 127 Å². The Morgan fingerprint density at radius 2 is 2.05 bits per heavy atom. The zero-order valence-corrected chi connectivity index (χ0v) is 13.2. The van der Waals surface area contributed by atoms with Gasteiger partial charge in [0.25, 0.3) is 5.91 Å². The molecule has 3 rings (SSSR count). The quantitative estimate of drug-likeness (QED) is 0.838. The van der Waals surface area contributed by atoms with Gasteiger partial charge in [-0.25, -0.2) is 4.98 Å². The number of pyridine rings is 1. The van der Waals surface area contributed by atoms with Gasteiger partial charge in [0.2, 0.25) is 0 Å². The van der Waals surface area contributed by atoms with Crippen LogP contribution in [0.3, 0.4) is 0 Å². The largest absolute Gasteiger partial charge is 0.372 e. The van der Waals surface area contributed by atoms with Crippen LogP contribution in [0.2, 0.25) is 0 Å². The molecular weight excluding hydrogens is 318 g/mol. The average molecular weight is 338 g/mol. The van der Waals surface area contributed by atoms with Gasteiger partial charge in [0.1, 0.15) is 5.82 Å². The van der Waals surface area contributed by atoms with E-state index in [9.17, 15) is 4.79 Å². The highest BCUT2D eigenvalue weighted by Crippen LogP contribution is 2.48. The van der Waals surface area contributed by atoms with Gasteiger partial charge in [0.15, 0.2) is 0 Å². The van der Waals surface area contributed by atoms with Crippen LogP contribution < -0.4 is 10.6 Å². The molecule has 0 radical (unpaired) electrons. The van der Waals surface area contributed by atoms with Crippen LogP contribution in [0.4, 0.5) is 5.82 Å². The van der Waals surface area contributed by atoms with E-state index in [2.05, 4.69) is 31.5 Å². The fraction of sp³-hybridized carbons (Fsp3) is 0.600. The van der Waals surface area contributed by atoms with E-state index in [1.807, 2.05) is 6.07 Å². The molecule has 0 bridgehead atoms. The smallest absolute Gasteiger partial charge is 0.255 e. The monoisotopic (exact) mass is 337 g/mol. The van der Waals surface area contributed by atoms with E-state index in [4.69, 9.17) is 0 Å². The maximum absolute atomic E-state index is 12.4. The molecule has 0 aromatic carbocycles. The highest BCUT2D eigenvalue weighted by molar-refractivity contribution is 9.10. The molecule has 4 nitrogen and oxygen atoms in total. The molecule has 108 valence electrons. The van der Waals surface area contributed by atoms with Gasteiger partial charge >= 0.3 is 0 Å². The Morgan fingerprint density at radius 1 is 1.40 bits per heavy atom. The molecule has 1 heterocycles. The third-order valence-electron chi connectivity index (χ3n) is 4.29. The summed E-state index contributed by atoms with van der Waals surface area (Å²) in [6, 6.07) is 1.82. The molecule has 0 spiro atoms. The van der Waals surface area contributed by atoms with Crippen LogP contribution in [0, 0.1) is 17.8 Å². The Morgan fingerprint density at radius 3 is 2.60 bits per heavy atom. The second kappa shape index (κ2) is 5.72. The molecule has 20 heavy (non-hydrogen) atoms. The van der Waals surface area contributed by atoms with Crippen LogP contribution in [0.1, 0.15) is 36.0 Å². The molecule has 1 aromatic heterocycles. The van der Waals surface area contributed by atoms with Crippen LogP contribution in [0.5, 0.6) is 0 Å². The van der Waals surface area contributed by atoms with Crippen LogP contribution in [-0.4, -0.2) is 24.5 Å². The van der Waals surface area contributed by atoms with Crippen LogP contribution in [0.25, 0.3) is 0 Å². The highest BCUT2D eigenvalue weighted by atomic mass is 79.9. The predicted molar refractivity (Wildman–Crippen MR) is 82.8 cm³/mol. The van der Waals surface area contributed by atoms with E-state index >= 15 is 0 Å². The highest BCUT2D eigenvalue weighted by Gasteiger charge is 2.41. The van der Waals surface area contributed by atoms with Crippen molar-refractivity contribution in [3.63, 3.8) is 0 Å². The molecule has 2 fully saturated rings. The van der Waals surface area contributed by atoms with Gasteiger partial charge in [0.05, 0.1) is 5.56 Å². The van der Waals surface area contributed by atoms with Gasteiger partial charge in [0, 0.05) is 24.3 Å². The van der Waals surface area contributed by atoms with E-state index in [1.165, 1.54) is 25.7 Å². The SMILES string of the molecule is CNc1ncc(Br)cc1C(=O)NCC(C1CC1)C1CC1. The van der Waals surface area contributed by atoms with Gasteiger partial charge in [-0.1, -0.05) is 0 Å². The molecule has 1 amide bonds. The molecule has 1 aromatic rings. The zero-order valence-electron chi connectivity index (χ0n) is 11.7. The third kappa shape index (κ3) is 3.14. The normalized spacial score (nSPS) is 18.1. The summed E-state index contributed by atoms with van der Waals surface area (Å²) >= 11 is 3.37. The number of carbonyl (C=O) groups excluding carboxylic acids is 1. The summed E-state index contributed by atoms with van der Waals surface area (Å²) in [5, 5.41) is 6.07. The van der Waals surface area contributed by atoms with Crippen molar-refractivity contribution in [1.82, 2.24) is 10.3 Å². The van der Waals surface area contributed by atoms with Gasteiger partial charge in [-0.2, -0.15) is 0 Å². The fourth-order valence-electron chi connectivity index (χ4n) is 2.88. The maximum atomic E-state index is 12.4. The van der Waals surface area contributed by atoms with E-state index < -0.39 is 0 Å². The molecule has 0 unspecified atom stereocenters. The van der Waals surface area contributed by atoms with Crippen molar-refractivity contribution in [3.05, 3.63) is 22.3 Å². The first-order valence-corrected chi connectivity index (χ1v) is 8.10.